The van der Waals surface area contributed by atoms with E-state index < -0.39 is 0 Å². The molecule has 0 atom stereocenters. The lowest BCUT2D eigenvalue weighted by molar-refractivity contribution is 0.0670. The topological polar surface area (TPSA) is 84.7 Å². The maximum absolute atomic E-state index is 12.9. The second-order valence-corrected chi connectivity index (χ2v) is 6.99. The number of amides is 2. The van der Waals surface area contributed by atoms with Crippen LogP contribution in [0.25, 0.3) is 0 Å². The molecule has 1 heterocycles. The molecule has 3 N–H and O–H groups in total. The van der Waals surface area contributed by atoms with Gasteiger partial charge in [0.05, 0.1) is 13.1 Å². The molecule has 2 aromatic rings. The van der Waals surface area contributed by atoms with E-state index in [1.165, 1.54) is 0 Å². The zero-order chi connectivity index (χ0) is 19.8. The maximum Gasteiger partial charge on any atom is 0.322 e. The fraction of sp³-hybridized carbons (Fsp3) is 0.364. The van der Waals surface area contributed by atoms with Gasteiger partial charge in [0.15, 0.2) is 5.78 Å². The Hall–Kier alpha value is -2.70. The maximum atomic E-state index is 12.9. The number of ether oxygens (including phenoxy) is 1. The molecule has 0 unspecified atom stereocenters. The highest BCUT2D eigenvalue weighted by atomic mass is 16.5. The Morgan fingerprint density at radius 3 is 2.36 bits per heavy atom. The number of Topliss-reactive ketones (excluding diaryl/α,β-unsaturated/α-hetero) is 1. The summed E-state index contributed by atoms with van der Waals surface area (Å²) in [5, 5.41) is 3.07. The monoisotopic (exact) mass is 381 g/mol. The van der Waals surface area contributed by atoms with Crippen LogP contribution in [0.2, 0.25) is 0 Å². The summed E-state index contributed by atoms with van der Waals surface area (Å²) in [6.07, 6.45) is 1.95. The fourth-order valence-corrected chi connectivity index (χ4v) is 3.26. The van der Waals surface area contributed by atoms with Gasteiger partial charge in [0, 0.05) is 31.0 Å². The van der Waals surface area contributed by atoms with Gasteiger partial charge in [0.1, 0.15) is 0 Å². The highest BCUT2D eigenvalue weighted by Crippen LogP contribution is 2.19. The van der Waals surface area contributed by atoms with E-state index in [4.69, 9.17) is 10.5 Å². The van der Waals surface area contributed by atoms with Gasteiger partial charge >= 0.3 is 6.03 Å². The van der Waals surface area contributed by atoms with Crippen molar-refractivity contribution in [2.75, 3.05) is 31.2 Å². The Kier molecular flexibility index (Phi) is 7.17. The van der Waals surface area contributed by atoms with Gasteiger partial charge in [-0.2, -0.15) is 0 Å². The summed E-state index contributed by atoms with van der Waals surface area (Å²) in [7, 11) is 0. The number of carbonyl (C=O) groups excluding carboxylic acids is 2. The third-order valence-electron chi connectivity index (χ3n) is 5.00. The summed E-state index contributed by atoms with van der Waals surface area (Å²) in [4.78, 5) is 26.4. The molecule has 6 heteroatoms. The van der Waals surface area contributed by atoms with Crippen molar-refractivity contribution in [3.8, 4) is 0 Å². The Balaban J connectivity index is 1.70. The Labute approximate surface area is 165 Å². The molecule has 0 aromatic heterocycles. The molecule has 1 fully saturated rings. The summed E-state index contributed by atoms with van der Waals surface area (Å²) in [5.41, 5.74) is 7.77. The van der Waals surface area contributed by atoms with Crippen LogP contribution in [0.15, 0.2) is 54.6 Å². The van der Waals surface area contributed by atoms with Gasteiger partial charge in [-0.3, -0.25) is 9.69 Å². The van der Waals surface area contributed by atoms with Crippen molar-refractivity contribution in [3.05, 3.63) is 65.7 Å². The molecule has 2 amide bonds. The first-order valence-electron chi connectivity index (χ1n) is 9.67. The number of hydrogen-bond acceptors (Lipinski definition) is 4. The van der Waals surface area contributed by atoms with E-state index in [0.29, 0.717) is 24.6 Å². The van der Waals surface area contributed by atoms with E-state index in [1.54, 1.807) is 17.0 Å². The van der Waals surface area contributed by atoms with E-state index in [-0.39, 0.29) is 18.4 Å². The minimum atomic E-state index is -0.125. The molecule has 0 aliphatic carbocycles. The summed E-state index contributed by atoms with van der Waals surface area (Å²) in [6, 6.07) is 16.7. The van der Waals surface area contributed by atoms with Gasteiger partial charge < -0.3 is 15.8 Å². The van der Waals surface area contributed by atoms with E-state index >= 15 is 0 Å². The average molecular weight is 381 g/mol. The molecule has 0 radical (unpaired) electrons. The number of nitrogens with zero attached hydrogens (tertiary/aromatic N) is 1. The number of benzene rings is 2. The third kappa shape index (κ3) is 5.41. The lowest BCUT2D eigenvalue weighted by atomic mass is 10.0. The van der Waals surface area contributed by atoms with Crippen molar-refractivity contribution in [1.82, 2.24) is 5.32 Å². The van der Waals surface area contributed by atoms with Crippen LogP contribution >= 0.6 is 0 Å². The summed E-state index contributed by atoms with van der Waals surface area (Å²) >= 11 is 0. The average Bonchev–Trinajstić information content (AvgIpc) is 2.77. The molecule has 3 rings (SSSR count). The minimum absolute atomic E-state index is 0.00982. The Morgan fingerprint density at radius 1 is 1.04 bits per heavy atom. The summed E-state index contributed by atoms with van der Waals surface area (Å²) in [5.74, 6) is 0.359. The van der Waals surface area contributed by atoms with Crippen LogP contribution in [-0.4, -0.2) is 38.1 Å². The molecular formula is C22H27N3O3. The minimum Gasteiger partial charge on any atom is -0.381 e. The predicted octanol–water partition coefficient (Wildman–Crippen LogP) is 2.97. The molecule has 2 aromatic carbocycles. The summed E-state index contributed by atoms with van der Waals surface area (Å²) in [6.45, 7) is 2.58. The molecule has 0 bridgehead atoms. The first-order chi connectivity index (χ1) is 13.7. The van der Waals surface area contributed by atoms with Crippen molar-refractivity contribution in [2.45, 2.75) is 19.4 Å². The van der Waals surface area contributed by atoms with Crippen molar-refractivity contribution in [2.24, 2.45) is 11.7 Å². The number of para-hydroxylation sites is 1. The van der Waals surface area contributed by atoms with E-state index in [9.17, 15) is 9.59 Å². The second kappa shape index (κ2) is 10.0. The molecule has 28 heavy (non-hydrogen) atoms. The van der Waals surface area contributed by atoms with Gasteiger partial charge in [0.2, 0.25) is 0 Å². The van der Waals surface area contributed by atoms with E-state index in [1.807, 2.05) is 42.5 Å². The van der Waals surface area contributed by atoms with Gasteiger partial charge in [-0.25, -0.2) is 4.79 Å². The molecule has 1 aliphatic rings. The highest BCUT2D eigenvalue weighted by molar-refractivity contribution is 5.97. The smallest absolute Gasteiger partial charge is 0.322 e. The normalized spacial score (nSPS) is 14.5. The lowest BCUT2D eigenvalue weighted by Gasteiger charge is -2.26. The number of carbonyl (C=O) groups is 2. The van der Waals surface area contributed by atoms with E-state index in [2.05, 4.69) is 5.32 Å². The van der Waals surface area contributed by atoms with Crippen LogP contribution < -0.4 is 16.0 Å². The number of anilines is 1. The number of hydrogen-bond donors (Lipinski definition) is 2. The quantitative estimate of drug-likeness (QED) is 0.722. The van der Waals surface area contributed by atoms with Crippen LogP contribution in [0.4, 0.5) is 10.5 Å². The molecule has 0 spiro atoms. The zero-order valence-electron chi connectivity index (χ0n) is 16.0. The Morgan fingerprint density at radius 2 is 1.71 bits per heavy atom. The SMILES string of the molecule is NCC(=O)c1ccc(CN(C(=O)NCC2CCOCC2)c2ccccc2)cc1. The molecular weight excluding hydrogens is 354 g/mol. The fourth-order valence-electron chi connectivity index (χ4n) is 3.26. The predicted molar refractivity (Wildman–Crippen MR) is 109 cm³/mol. The summed E-state index contributed by atoms with van der Waals surface area (Å²) < 4.78 is 5.38. The van der Waals surface area contributed by atoms with Crippen LogP contribution in [0.1, 0.15) is 28.8 Å². The van der Waals surface area contributed by atoms with Gasteiger partial charge in [-0.1, -0.05) is 42.5 Å². The number of ketones is 1. The van der Waals surface area contributed by atoms with Gasteiger partial charge in [-0.15, -0.1) is 0 Å². The van der Waals surface area contributed by atoms with Crippen LogP contribution in [-0.2, 0) is 11.3 Å². The van der Waals surface area contributed by atoms with Crippen LogP contribution in [0, 0.1) is 5.92 Å². The Bertz CT molecular complexity index is 771. The highest BCUT2D eigenvalue weighted by Gasteiger charge is 2.19. The lowest BCUT2D eigenvalue weighted by Crippen LogP contribution is -2.42. The van der Waals surface area contributed by atoms with E-state index in [0.717, 1.165) is 37.3 Å². The molecule has 148 valence electrons. The van der Waals surface area contributed by atoms with Gasteiger partial charge in [0.25, 0.3) is 0 Å². The van der Waals surface area contributed by atoms with Crippen LogP contribution in [0.5, 0.6) is 0 Å². The van der Waals surface area contributed by atoms with Gasteiger partial charge in [-0.05, 0) is 36.5 Å². The zero-order valence-corrected chi connectivity index (χ0v) is 16.0. The molecule has 0 saturated carbocycles. The first-order valence-corrected chi connectivity index (χ1v) is 9.67. The van der Waals surface area contributed by atoms with Crippen molar-refractivity contribution in [3.63, 3.8) is 0 Å². The molecule has 1 saturated heterocycles. The van der Waals surface area contributed by atoms with Crippen molar-refractivity contribution in [1.29, 1.82) is 0 Å². The molecule has 1 aliphatic heterocycles. The van der Waals surface area contributed by atoms with Crippen molar-refractivity contribution < 1.29 is 14.3 Å². The largest absolute Gasteiger partial charge is 0.381 e. The first kappa shape index (κ1) is 20.0. The standard InChI is InChI=1S/C22H27N3O3/c23-14-21(26)19-8-6-18(7-9-19)16-25(20-4-2-1-3-5-20)22(27)24-15-17-10-12-28-13-11-17/h1-9,17H,10-16,23H2,(H,24,27). The number of nitrogens with two attached hydrogens (primary N) is 1. The third-order valence-corrected chi connectivity index (χ3v) is 5.00. The number of nitrogens with one attached hydrogen (secondary N) is 1. The number of urea groups is 1. The molecule has 6 nitrogen and oxygen atoms in total. The second-order valence-electron chi connectivity index (χ2n) is 6.99. The number of rotatable bonds is 7. The van der Waals surface area contributed by atoms with Crippen LogP contribution in [0.3, 0.4) is 0 Å². The van der Waals surface area contributed by atoms with Crippen molar-refractivity contribution >= 4 is 17.5 Å².